The standard InChI is InChI=1S/C23H32N4O2/c1-5-18(6-2)23(29)26-15-13-25(14-16-26)21-11-12-22(28)27(24-21)20-9-7-19(8-10-20)17(3)4/h7-12,17-18H,5-6,13-16H2,1-4H3. The molecule has 0 aliphatic carbocycles. The first kappa shape index (κ1) is 21.1. The van der Waals surface area contributed by atoms with E-state index in [2.05, 4.69) is 37.7 Å². The first-order valence-corrected chi connectivity index (χ1v) is 10.7. The third kappa shape index (κ3) is 4.69. The minimum Gasteiger partial charge on any atom is -0.352 e. The number of carbonyl (C=O) groups excluding carboxylic acids is 1. The average Bonchev–Trinajstić information content (AvgIpc) is 2.75. The Morgan fingerprint density at radius 3 is 2.14 bits per heavy atom. The zero-order valence-corrected chi connectivity index (χ0v) is 18.0. The van der Waals surface area contributed by atoms with Gasteiger partial charge in [-0.1, -0.05) is 39.8 Å². The topological polar surface area (TPSA) is 58.4 Å². The number of anilines is 1. The molecule has 0 N–H and O–H groups in total. The molecule has 2 heterocycles. The van der Waals surface area contributed by atoms with Gasteiger partial charge in [0.25, 0.3) is 5.56 Å². The Balaban J connectivity index is 1.74. The van der Waals surface area contributed by atoms with Crippen LogP contribution in [-0.4, -0.2) is 46.8 Å². The van der Waals surface area contributed by atoms with E-state index in [9.17, 15) is 9.59 Å². The van der Waals surface area contributed by atoms with Crippen LogP contribution in [0.5, 0.6) is 0 Å². The molecule has 0 spiro atoms. The van der Waals surface area contributed by atoms with Gasteiger partial charge in [-0.05, 0) is 42.5 Å². The SMILES string of the molecule is CCC(CC)C(=O)N1CCN(c2ccc(=O)n(-c3ccc(C(C)C)cc3)n2)CC1. The van der Waals surface area contributed by atoms with Crippen LogP contribution in [0.15, 0.2) is 41.2 Å². The predicted octanol–water partition coefficient (Wildman–Crippen LogP) is 3.44. The van der Waals surface area contributed by atoms with Gasteiger partial charge in [0, 0.05) is 38.2 Å². The molecule has 6 heteroatoms. The van der Waals surface area contributed by atoms with Gasteiger partial charge in [0.1, 0.15) is 5.82 Å². The van der Waals surface area contributed by atoms with E-state index >= 15 is 0 Å². The Morgan fingerprint density at radius 1 is 0.966 bits per heavy atom. The van der Waals surface area contributed by atoms with Crippen molar-refractivity contribution in [1.82, 2.24) is 14.7 Å². The van der Waals surface area contributed by atoms with Crippen LogP contribution in [0.1, 0.15) is 52.0 Å². The van der Waals surface area contributed by atoms with Crippen LogP contribution >= 0.6 is 0 Å². The Hall–Kier alpha value is -2.63. The summed E-state index contributed by atoms with van der Waals surface area (Å²) in [4.78, 5) is 29.1. The van der Waals surface area contributed by atoms with Crippen molar-refractivity contribution in [3.05, 3.63) is 52.3 Å². The average molecular weight is 397 g/mol. The highest BCUT2D eigenvalue weighted by atomic mass is 16.2. The van der Waals surface area contributed by atoms with Gasteiger partial charge in [-0.25, -0.2) is 0 Å². The number of benzene rings is 1. The Morgan fingerprint density at radius 2 is 1.59 bits per heavy atom. The van der Waals surface area contributed by atoms with Gasteiger partial charge in [0.2, 0.25) is 5.91 Å². The highest BCUT2D eigenvalue weighted by Gasteiger charge is 2.26. The van der Waals surface area contributed by atoms with Crippen molar-refractivity contribution >= 4 is 11.7 Å². The predicted molar refractivity (Wildman–Crippen MR) is 117 cm³/mol. The van der Waals surface area contributed by atoms with Crippen molar-refractivity contribution in [2.45, 2.75) is 46.5 Å². The van der Waals surface area contributed by atoms with Crippen molar-refractivity contribution in [3.8, 4) is 5.69 Å². The van der Waals surface area contributed by atoms with E-state index in [1.54, 1.807) is 12.1 Å². The molecule has 0 unspecified atom stereocenters. The molecular weight excluding hydrogens is 364 g/mol. The summed E-state index contributed by atoms with van der Waals surface area (Å²) in [5.74, 6) is 1.60. The lowest BCUT2D eigenvalue weighted by molar-refractivity contribution is -0.136. The second-order valence-corrected chi connectivity index (χ2v) is 8.01. The third-order valence-electron chi connectivity index (χ3n) is 5.84. The molecule has 1 aliphatic heterocycles. The second kappa shape index (κ2) is 9.25. The van der Waals surface area contributed by atoms with Crippen molar-refractivity contribution in [2.75, 3.05) is 31.1 Å². The van der Waals surface area contributed by atoms with Crippen molar-refractivity contribution in [1.29, 1.82) is 0 Å². The Labute approximate surface area is 173 Å². The lowest BCUT2D eigenvalue weighted by atomic mass is 10.0. The maximum absolute atomic E-state index is 12.6. The van der Waals surface area contributed by atoms with Crippen LogP contribution in [0, 0.1) is 5.92 Å². The van der Waals surface area contributed by atoms with Gasteiger partial charge in [-0.15, -0.1) is 5.10 Å². The van der Waals surface area contributed by atoms with Crippen LogP contribution < -0.4 is 10.5 Å². The summed E-state index contributed by atoms with van der Waals surface area (Å²) in [5.41, 5.74) is 1.86. The van der Waals surface area contributed by atoms with E-state index < -0.39 is 0 Å². The first-order chi connectivity index (χ1) is 13.9. The van der Waals surface area contributed by atoms with Crippen LogP contribution in [0.4, 0.5) is 5.82 Å². The lowest BCUT2D eigenvalue weighted by Gasteiger charge is -2.36. The molecule has 0 bridgehead atoms. The number of rotatable bonds is 6. The molecule has 29 heavy (non-hydrogen) atoms. The van der Waals surface area contributed by atoms with Crippen molar-refractivity contribution in [2.24, 2.45) is 5.92 Å². The smallest absolute Gasteiger partial charge is 0.271 e. The fraction of sp³-hybridized carbons (Fsp3) is 0.522. The maximum atomic E-state index is 12.6. The number of carbonyl (C=O) groups is 1. The first-order valence-electron chi connectivity index (χ1n) is 10.7. The quantitative estimate of drug-likeness (QED) is 0.751. The Kier molecular flexibility index (Phi) is 6.72. The molecular formula is C23H32N4O2. The zero-order chi connectivity index (χ0) is 21.0. The molecule has 3 rings (SSSR count). The summed E-state index contributed by atoms with van der Waals surface area (Å²) in [6.07, 6.45) is 1.77. The summed E-state index contributed by atoms with van der Waals surface area (Å²) in [6, 6.07) is 11.3. The normalized spacial score (nSPS) is 14.7. The molecule has 2 aromatic rings. The van der Waals surface area contributed by atoms with Gasteiger partial charge in [-0.2, -0.15) is 4.68 Å². The van der Waals surface area contributed by atoms with E-state index in [1.807, 2.05) is 29.2 Å². The molecule has 6 nitrogen and oxygen atoms in total. The van der Waals surface area contributed by atoms with Crippen LogP contribution in [-0.2, 0) is 4.79 Å². The number of piperazine rings is 1. The fourth-order valence-electron chi connectivity index (χ4n) is 3.81. The molecule has 0 atom stereocenters. The van der Waals surface area contributed by atoms with E-state index in [0.717, 1.165) is 37.4 Å². The lowest BCUT2D eigenvalue weighted by Crippen LogP contribution is -2.50. The highest BCUT2D eigenvalue weighted by molar-refractivity contribution is 5.79. The monoisotopic (exact) mass is 396 g/mol. The van der Waals surface area contributed by atoms with E-state index in [0.29, 0.717) is 19.0 Å². The molecule has 1 aliphatic rings. The summed E-state index contributed by atoms with van der Waals surface area (Å²) in [6.45, 7) is 11.3. The minimum absolute atomic E-state index is 0.121. The van der Waals surface area contributed by atoms with Crippen LogP contribution in [0.3, 0.4) is 0 Å². The summed E-state index contributed by atoms with van der Waals surface area (Å²) >= 11 is 0. The molecule has 156 valence electrons. The molecule has 0 radical (unpaired) electrons. The van der Waals surface area contributed by atoms with Crippen LogP contribution in [0.25, 0.3) is 5.69 Å². The third-order valence-corrected chi connectivity index (χ3v) is 5.84. The van der Waals surface area contributed by atoms with E-state index in [-0.39, 0.29) is 17.4 Å². The van der Waals surface area contributed by atoms with Crippen LogP contribution in [0.2, 0.25) is 0 Å². The molecule has 0 saturated carbocycles. The largest absolute Gasteiger partial charge is 0.352 e. The summed E-state index contributed by atoms with van der Waals surface area (Å²) in [7, 11) is 0. The van der Waals surface area contributed by atoms with E-state index in [4.69, 9.17) is 0 Å². The van der Waals surface area contributed by atoms with Gasteiger partial charge in [0.05, 0.1) is 5.69 Å². The summed E-state index contributed by atoms with van der Waals surface area (Å²) < 4.78 is 1.46. The second-order valence-electron chi connectivity index (χ2n) is 8.01. The molecule has 1 amide bonds. The van der Waals surface area contributed by atoms with Gasteiger partial charge < -0.3 is 9.80 Å². The zero-order valence-electron chi connectivity index (χ0n) is 18.0. The molecule has 1 saturated heterocycles. The minimum atomic E-state index is -0.145. The van der Waals surface area contributed by atoms with Gasteiger partial charge >= 0.3 is 0 Å². The van der Waals surface area contributed by atoms with E-state index in [1.165, 1.54) is 10.2 Å². The maximum Gasteiger partial charge on any atom is 0.271 e. The molecule has 1 aromatic heterocycles. The number of nitrogens with zero attached hydrogens (tertiary/aromatic N) is 4. The van der Waals surface area contributed by atoms with Crippen molar-refractivity contribution in [3.63, 3.8) is 0 Å². The summed E-state index contributed by atoms with van der Waals surface area (Å²) in [5, 5.41) is 4.60. The Bertz CT molecular complexity index is 876. The number of hydrogen-bond acceptors (Lipinski definition) is 4. The number of amides is 1. The molecule has 1 fully saturated rings. The molecule has 1 aromatic carbocycles. The number of hydrogen-bond donors (Lipinski definition) is 0. The van der Waals surface area contributed by atoms with Crippen molar-refractivity contribution < 1.29 is 4.79 Å². The van der Waals surface area contributed by atoms with Gasteiger partial charge in [-0.3, -0.25) is 9.59 Å². The fourth-order valence-corrected chi connectivity index (χ4v) is 3.81. The van der Waals surface area contributed by atoms with Gasteiger partial charge in [0.15, 0.2) is 0 Å². The highest BCUT2D eigenvalue weighted by Crippen LogP contribution is 2.19. The number of aromatic nitrogens is 2.